The van der Waals surface area contributed by atoms with Crippen molar-refractivity contribution in [3.8, 4) is 0 Å². The second-order valence-electron chi connectivity index (χ2n) is 3.97. The van der Waals surface area contributed by atoms with Gasteiger partial charge >= 0.3 is 6.18 Å². The normalized spacial score (nSPS) is 11.5. The summed E-state index contributed by atoms with van der Waals surface area (Å²) >= 11 is 2.63. The van der Waals surface area contributed by atoms with E-state index in [1.54, 1.807) is 6.92 Å². The Morgan fingerprint density at radius 2 is 2.10 bits per heavy atom. The van der Waals surface area contributed by atoms with Gasteiger partial charge in [0, 0.05) is 6.07 Å². The van der Waals surface area contributed by atoms with Gasteiger partial charge in [-0.25, -0.2) is 9.97 Å². The summed E-state index contributed by atoms with van der Waals surface area (Å²) in [4.78, 5) is 18.6. The predicted molar refractivity (Wildman–Crippen MR) is 70.4 cm³/mol. The lowest BCUT2D eigenvalue weighted by atomic mass is 10.3. The molecule has 2 aromatic rings. The van der Waals surface area contributed by atoms with Gasteiger partial charge in [0.05, 0.1) is 5.69 Å². The standard InChI is InChI=1S/C10H8BrF3N6O/c1-3-2-4(20-19-3)16-9(21)5-8(15)18-6(7(11)17-5)10(12,13)14/h2H,1H3,(H2,15,18)(H2,16,19,20,21). The van der Waals surface area contributed by atoms with Crippen molar-refractivity contribution in [2.75, 3.05) is 11.1 Å². The highest BCUT2D eigenvalue weighted by Gasteiger charge is 2.37. The molecular weight excluding hydrogens is 357 g/mol. The number of carbonyl (C=O) groups excluding carboxylic acids is 1. The van der Waals surface area contributed by atoms with Gasteiger partial charge in [-0.2, -0.15) is 18.3 Å². The molecule has 11 heteroatoms. The van der Waals surface area contributed by atoms with Crippen LogP contribution in [-0.2, 0) is 6.18 Å². The fraction of sp³-hybridized carbons (Fsp3) is 0.200. The number of halogens is 4. The number of amides is 1. The summed E-state index contributed by atoms with van der Waals surface area (Å²) in [6.45, 7) is 1.69. The minimum absolute atomic E-state index is 0.259. The van der Waals surface area contributed by atoms with Gasteiger partial charge in [-0.3, -0.25) is 9.89 Å². The number of nitrogens with zero attached hydrogens (tertiary/aromatic N) is 3. The van der Waals surface area contributed by atoms with Crippen molar-refractivity contribution in [1.29, 1.82) is 0 Å². The number of hydrogen-bond donors (Lipinski definition) is 3. The zero-order valence-electron chi connectivity index (χ0n) is 10.4. The Morgan fingerprint density at radius 3 is 2.62 bits per heavy atom. The van der Waals surface area contributed by atoms with Gasteiger partial charge < -0.3 is 11.1 Å². The molecule has 112 valence electrons. The van der Waals surface area contributed by atoms with Gasteiger partial charge in [0.2, 0.25) is 0 Å². The molecular formula is C10H8BrF3N6O. The Labute approximate surface area is 124 Å². The Hall–Kier alpha value is -2.17. The largest absolute Gasteiger partial charge is 0.436 e. The zero-order chi connectivity index (χ0) is 15.8. The van der Waals surface area contributed by atoms with E-state index in [1.165, 1.54) is 6.07 Å². The number of alkyl halides is 3. The fourth-order valence-corrected chi connectivity index (χ4v) is 1.93. The maximum atomic E-state index is 12.6. The first kappa shape index (κ1) is 15.2. The summed E-state index contributed by atoms with van der Waals surface area (Å²) in [5.74, 6) is -1.17. The van der Waals surface area contributed by atoms with Gasteiger partial charge in [0.25, 0.3) is 5.91 Å². The van der Waals surface area contributed by atoms with Crippen molar-refractivity contribution in [1.82, 2.24) is 20.2 Å². The molecule has 0 radical (unpaired) electrons. The van der Waals surface area contributed by atoms with E-state index in [2.05, 4.69) is 41.4 Å². The van der Waals surface area contributed by atoms with Crippen LogP contribution in [0.5, 0.6) is 0 Å². The van der Waals surface area contributed by atoms with Crippen LogP contribution in [0, 0.1) is 6.92 Å². The second kappa shape index (κ2) is 5.31. The van der Waals surface area contributed by atoms with Gasteiger partial charge in [-0.15, -0.1) is 0 Å². The van der Waals surface area contributed by atoms with Crippen LogP contribution in [-0.4, -0.2) is 26.1 Å². The predicted octanol–water partition coefficient (Wildman–Crippen LogP) is 2.12. The summed E-state index contributed by atoms with van der Waals surface area (Å²) < 4.78 is 37.2. The SMILES string of the molecule is Cc1cc(NC(=O)c2nc(Br)c(C(F)(F)F)nc2N)[nH]n1. The lowest BCUT2D eigenvalue weighted by molar-refractivity contribution is -0.142. The highest BCUT2D eigenvalue weighted by molar-refractivity contribution is 9.10. The summed E-state index contributed by atoms with van der Waals surface area (Å²) in [6.07, 6.45) is -4.73. The van der Waals surface area contributed by atoms with Crippen LogP contribution in [0.2, 0.25) is 0 Å². The van der Waals surface area contributed by atoms with E-state index < -0.39 is 33.9 Å². The van der Waals surface area contributed by atoms with Crippen LogP contribution in [0.1, 0.15) is 21.9 Å². The number of nitrogens with one attached hydrogen (secondary N) is 2. The van der Waals surface area contributed by atoms with Crippen LogP contribution < -0.4 is 11.1 Å². The van der Waals surface area contributed by atoms with E-state index in [1.807, 2.05) is 0 Å². The molecule has 2 heterocycles. The molecule has 0 aliphatic rings. The first-order chi connectivity index (χ1) is 9.68. The van der Waals surface area contributed by atoms with Gasteiger partial charge in [0.1, 0.15) is 10.4 Å². The summed E-state index contributed by atoms with van der Waals surface area (Å²) in [5.41, 5.74) is 4.26. The molecule has 0 spiro atoms. The van der Waals surface area contributed by atoms with Crippen molar-refractivity contribution < 1.29 is 18.0 Å². The lowest BCUT2D eigenvalue weighted by Crippen LogP contribution is -2.20. The number of hydrogen-bond acceptors (Lipinski definition) is 5. The van der Waals surface area contributed by atoms with E-state index in [0.29, 0.717) is 5.69 Å². The van der Waals surface area contributed by atoms with E-state index >= 15 is 0 Å². The van der Waals surface area contributed by atoms with Crippen LogP contribution in [0.3, 0.4) is 0 Å². The molecule has 4 N–H and O–H groups in total. The Morgan fingerprint density at radius 1 is 1.43 bits per heavy atom. The molecule has 0 aromatic carbocycles. The molecule has 21 heavy (non-hydrogen) atoms. The average molecular weight is 365 g/mol. The monoisotopic (exact) mass is 364 g/mol. The maximum Gasteiger partial charge on any atom is 0.436 e. The van der Waals surface area contributed by atoms with E-state index in [0.717, 1.165) is 0 Å². The topological polar surface area (TPSA) is 110 Å². The number of carbonyl (C=O) groups is 1. The van der Waals surface area contributed by atoms with Gasteiger partial charge in [0.15, 0.2) is 17.2 Å². The number of nitrogens with two attached hydrogens (primary N) is 1. The molecule has 0 bridgehead atoms. The minimum atomic E-state index is -4.73. The zero-order valence-corrected chi connectivity index (χ0v) is 12.0. The number of nitrogen functional groups attached to an aromatic ring is 1. The Bertz CT molecular complexity index is 699. The Kier molecular flexibility index (Phi) is 3.85. The first-order valence-corrected chi connectivity index (χ1v) is 6.21. The third kappa shape index (κ3) is 3.29. The molecule has 0 fully saturated rings. The Balaban J connectivity index is 2.32. The molecule has 0 aliphatic carbocycles. The minimum Gasteiger partial charge on any atom is -0.382 e. The molecule has 1 amide bonds. The molecule has 0 atom stereocenters. The van der Waals surface area contributed by atoms with Crippen LogP contribution >= 0.6 is 15.9 Å². The first-order valence-electron chi connectivity index (χ1n) is 5.42. The number of rotatable bonds is 2. The summed E-state index contributed by atoms with van der Waals surface area (Å²) in [6, 6.07) is 1.53. The maximum absolute atomic E-state index is 12.6. The van der Waals surface area contributed by atoms with Gasteiger partial charge in [-0.05, 0) is 22.9 Å². The van der Waals surface area contributed by atoms with E-state index in [-0.39, 0.29) is 5.82 Å². The number of aryl methyl sites for hydroxylation is 1. The van der Waals surface area contributed by atoms with Crippen molar-refractivity contribution >= 4 is 33.5 Å². The number of aromatic nitrogens is 4. The number of anilines is 2. The number of H-pyrrole nitrogens is 1. The van der Waals surface area contributed by atoms with Crippen molar-refractivity contribution in [2.45, 2.75) is 13.1 Å². The average Bonchev–Trinajstić information content (AvgIpc) is 2.75. The van der Waals surface area contributed by atoms with Gasteiger partial charge in [-0.1, -0.05) is 0 Å². The van der Waals surface area contributed by atoms with Crippen molar-refractivity contribution in [2.24, 2.45) is 0 Å². The van der Waals surface area contributed by atoms with Crippen molar-refractivity contribution in [3.63, 3.8) is 0 Å². The summed E-state index contributed by atoms with van der Waals surface area (Å²) in [5, 5.41) is 8.66. The third-order valence-corrected chi connectivity index (χ3v) is 2.87. The van der Waals surface area contributed by atoms with E-state index in [9.17, 15) is 18.0 Å². The van der Waals surface area contributed by atoms with Crippen LogP contribution in [0.15, 0.2) is 10.7 Å². The summed E-state index contributed by atoms with van der Waals surface area (Å²) in [7, 11) is 0. The molecule has 2 aromatic heterocycles. The number of aromatic amines is 1. The van der Waals surface area contributed by atoms with E-state index in [4.69, 9.17) is 5.73 Å². The smallest absolute Gasteiger partial charge is 0.382 e. The van der Waals surface area contributed by atoms with Crippen LogP contribution in [0.4, 0.5) is 24.8 Å². The molecule has 0 aliphatic heterocycles. The highest BCUT2D eigenvalue weighted by atomic mass is 79.9. The highest BCUT2D eigenvalue weighted by Crippen LogP contribution is 2.33. The van der Waals surface area contributed by atoms with Crippen molar-refractivity contribution in [3.05, 3.63) is 27.8 Å². The second-order valence-corrected chi connectivity index (χ2v) is 4.72. The fourth-order valence-electron chi connectivity index (χ4n) is 1.44. The quantitative estimate of drug-likeness (QED) is 0.755. The lowest BCUT2D eigenvalue weighted by Gasteiger charge is -2.10. The van der Waals surface area contributed by atoms with Crippen LogP contribution in [0.25, 0.3) is 0 Å². The molecule has 0 unspecified atom stereocenters. The molecule has 0 saturated heterocycles. The molecule has 0 saturated carbocycles. The molecule has 2 rings (SSSR count). The third-order valence-electron chi connectivity index (χ3n) is 2.32. The molecule has 7 nitrogen and oxygen atoms in total.